The van der Waals surface area contributed by atoms with Crippen molar-refractivity contribution in [2.24, 2.45) is 0 Å². The summed E-state index contributed by atoms with van der Waals surface area (Å²) < 4.78 is 2.16. The normalized spacial score (nSPS) is 10.5. The highest BCUT2D eigenvalue weighted by Crippen LogP contribution is 2.06. The Morgan fingerprint density at radius 1 is 1.33 bits per heavy atom. The van der Waals surface area contributed by atoms with Gasteiger partial charge in [-0.15, -0.1) is 0 Å². The van der Waals surface area contributed by atoms with E-state index in [2.05, 4.69) is 34.4 Å². The Morgan fingerprint density at radius 3 is 2.93 bits per heavy atom. The molecule has 0 radical (unpaired) electrons. The third-order valence-corrected chi connectivity index (χ3v) is 2.40. The second-order valence-corrected chi connectivity index (χ2v) is 3.70. The van der Waals surface area contributed by atoms with E-state index in [-0.39, 0.29) is 0 Å². The molecule has 0 N–H and O–H groups in total. The molecule has 0 unspecified atom stereocenters. The molecule has 2 aromatic heterocycles. The summed E-state index contributed by atoms with van der Waals surface area (Å²) in [5.41, 5.74) is 2.42. The molecule has 0 aromatic carbocycles. The van der Waals surface area contributed by atoms with Gasteiger partial charge in [-0.3, -0.25) is 4.98 Å². The Kier molecular flexibility index (Phi) is 2.81. The fraction of sp³-hybridized carbons (Fsp3) is 0.333. The summed E-state index contributed by atoms with van der Waals surface area (Å²) in [6.45, 7) is 5.04. The maximum absolute atomic E-state index is 4.30. The summed E-state index contributed by atoms with van der Waals surface area (Å²) in [5, 5.41) is 0. The van der Waals surface area contributed by atoms with Gasteiger partial charge in [0.25, 0.3) is 0 Å². The molecule has 0 bridgehead atoms. The molecule has 0 aliphatic rings. The molecule has 0 amide bonds. The van der Waals surface area contributed by atoms with Crippen LogP contribution in [-0.4, -0.2) is 14.5 Å². The van der Waals surface area contributed by atoms with E-state index in [0.717, 1.165) is 18.8 Å². The largest absolute Gasteiger partial charge is 0.330 e. The van der Waals surface area contributed by atoms with Crippen LogP contribution in [0.25, 0.3) is 0 Å². The number of imidazole rings is 1. The van der Waals surface area contributed by atoms with Crippen molar-refractivity contribution in [3.63, 3.8) is 0 Å². The van der Waals surface area contributed by atoms with Gasteiger partial charge in [0.1, 0.15) is 5.82 Å². The van der Waals surface area contributed by atoms with Crippen LogP contribution in [0.2, 0.25) is 0 Å². The maximum atomic E-state index is 4.30. The Hall–Kier alpha value is -1.64. The summed E-state index contributed by atoms with van der Waals surface area (Å²) in [4.78, 5) is 8.48. The van der Waals surface area contributed by atoms with Gasteiger partial charge >= 0.3 is 0 Å². The quantitative estimate of drug-likeness (QED) is 0.762. The van der Waals surface area contributed by atoms with Gasteiger partial charge in [0.2, 0.25) is 0 Å². The smallest absolute Gasteiger partial charge is 0.108 e. The second-order valence-electron chi connectivity index (χ2n) is 3.70. The topological polar surface area (TPSA) is 30.7 Å². The minimum atomic E-state index is 0.859. The van der Waals surface area contributed by atoms with Gasteiger partial charge < -0.3 is 4.57 Å². The molecule has 3 heteroatoms. The summed E-state index contributed by atoms with van der Waals surface area (Å²) in [6.07, 6.45) is 8.61. The zero-order chi connectivity index (χ0) is 10.7. The van der Waals surface area contributed by atoms with Crippen molar-refractivity contribution in [2.75, 3.05) is 0 Å². The van der Waals surface area contributed by atoms with E-state index in [9.17, 15) is 0 Å². The van der Waals surface area contributed by atoms with E-state index < -0.39 is 0 Å². The lowest BCUT2D eigenvalue weighted by atomic mass is 10.2. The van der Waals surface area contributed by atoms with Crippen molar-refractivity contribution in [3.8, 4) is 0 Å². The average Bonchev–Trinajstić information content (AvgIpc) is 2.65. The van der Waals surface area contributed by atoms with E-state index in [1.807, 2.05) is 24.8 Å². The number of aromatic nitrogens is 3. The van der Waals surface area contributed by atoms with Crippen molar-refractivity contribution in [1.29, 1.82) is 0 Å². The molecule has 2 heterocycles. The summed E-state index contributed by atoms with van der Waals surface area (Å²) in [6, 6.07) is 2.16. The molecule has 0 spiro atoms. The van der Waals surface area contributed by atoms with Crippen molar-refractivity contribution in [2.45, 2.75) is 26.8 Å². The Morgan fingerprint density at radius 2 is 2.20 bits per heavy atom. The molecule has 0 fully saturated rings. The van der Waals surface area contributed by atoms with E-state index in [4.69, 9.17) is 0 Å². The number of pyridine rings is 1. The van der Waals surface area contributed by atoms with Crippen molar-refractivity contribution < 1.29 is 0 Å². The summed E-state index contributed by atoms with van der Waals surface area (Å²) in [7, 11) is 0. The van der Waals surface area contributed by atoms with Crippen LogP contribution in [0.3, 0.4) is 0 Å². The van der Waals surface area contributed by atoms with Gasteiger partial charge in [0.05, 0.1) is 6.54 Å². The lowest BCUT2D eigenvalue weighted by Gasteiger charge is -2.06. The van der Waals surface area contributed by atoms with Crippen LogP contribution in [0.1, 0.15) is 23.9 Å². The molecule has 0 atom stereocenters. The molecule has 78 valence electrons. The molecule has 0 aliphatic heterocycles. The maximum Gasteiger partial charge on any atom is 0.108 e. The van der Waals surface area contributed by atoms with Crippen molar-refractivity contribution in [1.82, 2.24) is 14.5 Å². The SMILES string of the molecule is CCc1nccn1Cc1cncc(C)c1. The zero-order valence-electron chi connectivity index (χ0n) is 9.14. The van der Waals surface area contributed by atoms with Crippen LogP contribution >= 0.6 is 0 Å². The summed E-state index contributed by atoms with van der Waals surface area (Å²) in [5.74, 6) is 1.12. The molecular weight excluding hydrogens is 186 g/mol. The number of rotatable bonds is 3. The lowest BCUT2D eigenvalue weighted by Crippen LogP contribution is -2.03. The number of hydrogen-bond acceptors (Lipinski definition) is 2. The second kappa shape index (κ2) is 4.26. The highest BCUT2D eigenvalue weighted by molar-refractivity contribution is 5.17. The highest BCUT2D eigenvalue weighted by Gasteiger charge is 2.01. The van der Waals surface area contributed by atoms with Crippen LogP contribution in [0, 0.1) is 6.92 Å². The van der Waals surface area contributed by atoms with E-state index >= 15 is 0 Å². The fourth-order valence-electron chi connectivity index (χ4n) is 1.70. The Labute approximate surface area is 89.8 Å². The van der Waals surface area contributed by atoms with Crippen LogP contribution < -0.4 is 0 Å². The predicted octanol–water partition coefficient (Wildman–Crippen LogP) is 2.20. The minimum Gasteiger partial charge on any atom is -0.330 e. The summed E-state index contributed by atoms with van der Waals surface area (Å²) >= 11 is 0. The zero-order valence-corrected chi connectivity index (χ0v) is 9.14. The van der Waals surface area contributed by atoms with Crippen molar-refractivity contribution in [3.05, 3.63) is 47.8 Å². The minimum absolute atomic E-state index is 0.859. The molecular formula is C12H15N3. The van der Waals surface area contributed by atoms with Crippen LogP contribution in [-0.2, 0) is 13.0 Å². The third kappa shape index (κ3) is 2.24. The van der Waals surface area contributed by atoms with Gasteiger partial charge in [-0.25, -0.2) is 4.98 Å². The third-order valence-electron chi connectivity index (χ3n) is 2.40. The fourth-order valence-corrected chi connectivity index (χ4v) is 1.70. The number of nitrogens with zero attached hydrogens (tertiary/aromatic N) is 3. The van der Waals surface area contributed by atoms with Gasteiger partial charge in [-0.1, -0.05) is 13.0 Å². The first kappa shape index (κ1) is 9.90. The molecule has 3 nitrogen and oxygen atoms in total. The lowest BCUT2D eigenvalue weighted by molar-refractivity contribution is 0.729. The van der Waals surface area contributed by atoms with Gasteiger partial charge in [-0.2, -0.15) is 0 Å². The molecule has 2 aromatic rings. The first-order valence-electron chi connectivity index (χ1n) is 5.20. The van der Waals surface area contributed by atoms with Crippen LogP contribution in [0.5, 0.6) is 0 Å². The van der Waals surface area contributed by atoms with Gasteiger partial charge in [-0.05, 0) is 18.1 Å². The monoisotopic (exact) mass is 201 g/mol. The van der Waals surface area contributed by atoms with Gasteiger partial charge in [0, 0.05) is 31.2 Å². The Bertz CT molecular complexity index is 446. The first-order chi connectivity index (χ1) is 7.29. The van der Waals surface area contributed by atoms with E-state index in [0.29, 0.717) is 0 Å². The molecule has 0 saturated carbocycles. The predicted molar refractivity (Wildman–Crippen MR) is 59.7 cm³/mol. The molecule has 0 saturated heterocycles. The van der Waals surface area contributed by atoms with E-state index in [1.54, 1.807) is 0 Å². The first-order valence-corrected chi connectivity index (χ1v) is 5.20. The highest BCUT2D eigenvalue weighted by atomic mass is 15.1. The van der Waals surface area contributed by atoms with Gasteiger partial charge in [0.15, 0.2) is 0 Å². The van der Waals surface area contributed by atoms with Crippen molar-refractivity contribution >= 4 is 0 Å². The number of hydrogen-bond donors (Lipinski definition) is 0. The molecule has 0 aliphatic carbocycles. The average molecular weight is 201 g/mol. The standard InChI is InChI=1S/C12H15N3/c1-3-12-14-4-5-15(12)9-11-6-10(2)7-13-8-11/h4-8H,3,9H2,1-2H3. The van der Waals surface area contributed by atoms with E-state index in [1.165, 1.54) is 11.1 Å². The van der Waals surface area contributed by atoms with Crippen LogP contribution in [0.4, 0.5) is 0 Å². The molecule has 15 heavy (non-hydrogen) atoms. The molecule has 2 rings (SSSR count). The Balaban J connectivity index is 2.22. The van der Waals surface area contributed by atoms with Crippen LogP contribution in [0.15, 0.2) is 30.9 Å². The number of aryl methyl sites for hydroxylation is 2.